The van der Waals surface area contributed by atoms with Crippen LogP contribution in [0.5, 0.6) is 5.75 Å². The number of benzene rings is 2. The number of ether oxygens (including phenoxy) is 1. The second kappa shape index (κ2) is 9.68. The molecule has 3 aromatic rings. The summed E-state index contributed by atoms with van der Waals surface area (Å²) in [7, 11) is 1.48. The summed E-state index contributed by atoms with van der Waals surface area (Å²) in [4.78, 5) is 31.6. The molecule has 0 unspecified atom stereocenters. The molecule has 0 radical (unpaired) electrons. The van der Waals surface area contributed by atoms with Crippen molar-refractivity contribution in [1.29, 1.82) is 0 Å². The van der Waals surface area contributed by atoms with E-state index in [0.29, 0.717) is 41.4 Å². The molecule has 1 fully saturated rings. The van der Waals surface area contributed by atoms with Crippen molar-refractivity contribution in [2.75, 3.05) is 13.7 Å². The van der Waals surface area contributed by atoms with Gasteiger partial charge in [-0.1, -0.05) is 35.3 Å². The predicted octanol–water partition coefficient (Wildman–Crippen LogP) is 4.71. The Bertz CT molecular complexity index is 1210. The highest BCUT2D eigenvalue weighted by molar-refractivity contribution is 6.46. The smallest absolute Gasteiger partial charge is 0.295 e. The van der Waals surface area contributed by atoms with Crippen LogP contribution < -0.4 is 4.74 Å². The summed E-state index contributed by atoms with van der Waals surface area (Å²) in [6, 6.07) is 10.8. The number of nitrogens with zero attached hydrogens (tertiary/aromatic N) is 3. The molecule has 1 atom stereocenters. The molecular weight excluding hydrogens is 465 g/mol. The van der Waals surface area contributed by atoms with Gasteiger partial charge in [0.25, 0.3) is 11.7 Å². The molecule has 2 heterocycles. The van der Waals surface area contributed by atoms with Crippen LogP contribution in [0.4, 0.5) is 0 Å². The fourth-order valence-electron chi connectivity index (χ4n) is 3.91. The molecule has 0 aliphatic carbocycles. The highest BCUT2D eigenvalue weighted by Crippen LogP contribution is 2.40. The van der Waals surface area contributed by atoms with E-state index in [0.717, 1.165) is 0 Å². The summed E-state index contributed by atoms with van der Waals surface area (Å²) in [6.07, 6.45) is 5.80. The number of methoxy groups -OCH3 is 1. The zero-order chi connectivity index (χ0) is 23.5. The van der Waals surface area contributed by atoms with Crippen LogP contribution in [0.3, 0.4) is 0 Å². The summed E-state index contributed by atoms with van der Waals surface area (Å²) in [5.74, 6) is -1.28. The maximum atomic E-state index is 13.1. The van der Waals surface area contributed by atoms with Gasteiger partial charge in [-0.05, 0) is 42.3 Å². The van der Waals surface area contributed by atoms with Crippen LogP contribution in [0.15, 0.2) is 66.8 Å². The first-order chi connectivity index (χ1) is 15.9. The largest absolute Gasteiger partial charge is 0.507 e. The van der Waals surface area contributed by atoms with E-state index in [9.17, 15) is 14.7 Å². The van der Waals surface area contributed by atoms with Crippen LogP contribution in [0.25, 0.3) is 5.76 Å². The van der Waals surface area contributed by atoms with Crippen LogP contribution in [0.2, 0.25) is 10.0 Å². The zero-order valence-electron chi connectivity index (χ0n) is 17.7. The number of aryl methyl sites for hydroxylation is 1. The number of hydrogen-bond acceptors (Lipinski definition) is 5. The van der Waals surface area contributed by atoms with Crippen molar-refractivity contribution in [2.24, 2.45) is 0 Å². The molecule has 0 saturated carbocycles. The van der Waals surface area contributed by atoms with Crippen molar-refractivity contribution in [3.8, 4) is 5.75 Å². The lowest BCUT2D eigenvalue weighted by molar-refractivity contribution is -0.139. The second-order valence-electron chi connectivity index (χ2n) is 7.55. The molecule has 1 aliphatic heterocycles. The Balaban J connectivity index is 1.74. The van der Waals surface area contributed by atoms with Crippen molar-refractivity contribution in [3.05, 3.63) is 87.9 Å². The number of imidazole rings is 1. The molecule has 1 aliphatic rings. The van der Waals surface area contributed by atoms with Gasteiger partial charge < -0.3 is 19.3 Å². The van der Waals surface area contributed by atoms with Gasteiger partial charge in [0.1, 0.15) is 11.5 Å². The van der Waals surface area contributed by atoms with Gasteiger partial charge in [0, 0.05) is 36.1 Å². The summed E-state index contributed by atoms with van der Waals surface area (Å²) in [5, 5.41) is 11.9. The standard InChI is InChI=1S/C24H21Cl2N3O4/c1-33-19-8-5-16(13-18(19)26)22(30)20-21(15-3-6-17(25)7-4-15)29(24(32)23(20)31)11-2-10-28-12-9-27-14-28/h3-9,12-14,21,30H,2,10-11H2,1H3/t21-/m1/s1. The van der Waals surface area contributed by atoms with Crippen LogP contribution in [0, 0.1) is 0 Å². The Morgan fingerprint density at radius 2 is 1.88 bits per heavy atom. The minimum Gasteiger partial charge on any atom is -0.507 e. The molecule has 0 bridgehead atoms. The van der Waals surface area contributed by atoms with Gasteiger partial charge in [0.15, 0.2) is 0 Å². The third-order valence-corrected chi connectivity index (χ3v) is 6.07. The average Bonchev–Trinajstić information content (AvgIpc) is 3.41. The second-order valence-corrected chi connectivity index (χ2v) is 8.39. The summed E-state index contributed by atoms with van der Waals surface area (Å²) in [6.45, 7) is 0.945. The van der Waals surface area contributed by atoms with E-state index in [4.69, 9.17) is 27.9 Å². The summed E-state index contributed by atoms with van der Waals surface area (Å²) < 4.78 is 7.06. The van der Waals surface area contributed by atoms with E-state index in [1.807, 2.05) is 10.8 Å². The number of Topliss-reactive ketones (excluding diaryl/α,β-unsaturated/α-hetero) is 1. The van der Waals surface area contributed by atoms with Crippen LogP contribution in [-0.4, -0.2) is 44.9 Å². The molecule has 1 amide bonds. The van der Waals surface area contributed by atoms with Gasteiger partial charge in [-0.15, -0.1) is 0 Å². The molecule has 170 valence electrons. The third kappa shape index (κ3) is 4.60. The zero-order valence-corrected chi connectivity index (χ0v) is 19.3. The number of amides is 1. The van der Waals surface area contributed by atoms with Crippen molar-refractivity contribution < 1.29 is 19.4 Å². The molecule has 4 rings (SSSR count). The number of rotatable bonds is 7. The van der Waals surface area contributed by atoms with Crippen molar-refractivity contribution in [2.45, 2.75) is 19.0 Å². The van der Waals surface area contributed by atoms with Crippen molar-refractivity contribution in [1.82, 2.24) is 14.5 Å². The molecular formula is C24H21Cl2N3O4. The quantitative estimate of drug-likeness (QED) is 0.297. The van der Waals surface area contributed by atoms with Gasteiger partial charge in [-0.25, -0.2) is 4.98 Å². The van der Waals surface area contributed by atoms with Gasteiger partial charge in [0.2, 0.25) is 0 Å². The monoisotopic (exact) mass is 485 g/mol. The lowest BCUT2D eigenvalue weighted by Gasteiger charge is -2.25. The molecule has 33 heavy (non-hydrogen) atoms. The van der Waals surface area contributed by atoms with Gasteiger partial charge in [-0.3, -0.25) is 9.59 Å². The number of aromatic nitrogens is 2. The number of aliphatic hydroxyl groups is 1. The summed E-state index contributed by atoms with van der Waals surface area (Å²) >= 11 is 12.3. The molecule has 7 nitrogen and oxygen atoms in total. The van der Waals surface area contributed by atoms with E-state index >= 15 is 0 Å². The fraction of sp³-hybridized carbons (Fsp3) is 0.208. The molecule has 2 aromatic carbocycles. The van der Waals surface area contributed by atoms with Crippen LogP contribution in [0.1, 0.15) is 23.6 Å². The highest BCUT2D eigenvalue weighted by Gasteiger charge is 2.45. The molecule has 0 spiro atoms. The minimum atomic E-state index is -0.758. The normalized spacial score (nSPS) is 17.5. The first kappa shape index (κ1) is 22.9. The maximum absolute atomic E-state index is 13.1. The number of carbonyl (C=O) groups is 2. The van der Waals surface area contributed by atoms with Crippen LogP contribution >= 0.6 is 23.2 Å². The van der Waals surface area contributed by atoms with Gasteiger partial charge in [0.05, 0.1) is 30.1 Å². The van der Waals surface area contributed by atoms with Crippen molar-refractivity contribution in [3.63, 3.8) is 0 Å². The first-order valence-corrected chi connectivity index (χ1v) is 11.0. The fourth-order valence-corrected chi connectivity index (χ4v) is 4.30. The van der Waals surface area contributed by atoms with E-state index < -0.39 is 17.7 Å². The van der Waals surface area contributed by atoms with E-state index in [1.54, 1.807) is 48.9 Å². The predicted molar refractivity (Wildman–Crippen MR) is 125 cm³/mol. The molecule has 1 N–H and O–H groups in total. The van der Waals surface area contributed by atoms with E-state index in [1.165, 1.54) is 18.1 Å². The summed E-state index contributed by atoms with van der Waals surface area (Å²) in [5.41, 5.74) is 0.991. The van der Waals surface area contributed by atoms with Gasteiger partial charge in [-0.2, -0.15) is 0 Å². The Labute approximate surface area is 200 Å². The number of likely N-dealkylation sites (tertiary alicyclic amines) is 1. The molecule has 1 saturated heterocycles. The topological polar surface area (TPSA) is 84.7 Å². The number of aliphatic hydroxyl groups excluding tert-OH is 1. The molecule has 1 aromatic heterocycles. The Kier molecular flexibility index (Phi) is 6.72. The Morgan fingerprint density at radius 3 is 2.52 bits per heavy atom. The number of ketones is 1. The Morgan fingerprint density at radius 1 is 1.12 bits per heavy atom. The maximum Gasteiger partial charge on any atom is 0.295 e. The van der Waals surface area contributed by atoms with Crippen molar-refractivity contribution >= 4 is 40.7 Å². The minimum absolute atomic E-state index is 0.00573. The number of carbonyl (C=O) groups excluding carboxylic acids is 2. The SMILES string of the molecule is COc1ccc(C(O)=C2C(=O)C(=O)N(CCCn3ccnc3)[C@@H]2c2ccc(Cl)cc2)cc1Cl. The Hall–Kier alpha value is -3.29. The van der Waals surface area contributed by atoms with E-state index in [2.05, 4.69) is 4.98 Å². The van der Waals surface area contributed by atoms with Gasteiger partial charge >= 0.3 is 0 Å². The number of halogens is 2. The van der Waals surface area contributed by atoms with Crippen LogP contribution in [-0.2, 0) is 16.1 Å². The average molecular weight is 486 g/mol. The first-order valence-electron chi connectivity index (χ1n) is 10.2. The number of hydrogen-bond donors (Lipinski definition) is 1. The lowest BCUT2D eigenvalue weighted by Crippen LogP contribution is -2.31. The molecule has 9 heteroatoms. The lowest BCUT2D eigenvalue weighted by atomic mass is 9.95. The highest BCUT2D eigenvalue weighted by atomic mass is 35.5. The van der Waals surface area contributed by atoms with E-state index in [-0.39, 0.29) is 16.4 Å². The third-order valence-electron chi connectivity index (χ3n) is 5.53.